The normalized spacial score (nSPS) is 15.1. The molecular formula is C26H26N4O4. The third-order valence-corrected chi connectivity index (χ3v) is 5.96. The Morgan fingerprint density at radius 3 is 2.62 bits per heavy atom. The zero-order valence-corrected chi connectivity index (χ0v) is 18.9. The predicted octanol–water partition coefficient (Wildman–Crippen LogP) is 3.09. The van der Waals surface area contributed by atoms with Crippen LogP contribution in [0, 0.1) is 5.92 Å². The van der Waals surface area contributed by atoms with E-state index in [0.29, 0.717) is 36.3 Å². The van der Waals surface area contributed by atoms with Crippen LogP contribution < -0.4 is 11.1 Å². The molecule has 34 heavy (non-hydrogen) atoms. The van der Waals surface area contributed by atoms with E-state index in [2.05, 4.69) is 10.3 Å². The van der Waals surface area contributed by atoms with Crippen molar-refractivity contribution < 1.29 is 19.1 Å². The Kier molecular flexibility index (Phi) is 6.98. The molecule has 3 N–H and O–H groups in total. The highest BCUT2D eigenvalue weighted by Gasteiger charge is 2.32. The number of carbonyl (C=O) groups excluding carboxylic acids is 3. The Balaban J connectivity index is 1.59. The maximum absolute atomic E-state index is 13.1. The first-order valence-corrected chi connectivity index (χ1v) is 11.0. The Labute approximate surface area is 197 Å². The highest BCUT2D eigenvalue weighted by atomic mass is 16.5. The van der Waals surface area contributed by atoms with Crippen molar-refractivity contribution in [2.45, 2.75) is 13.0 Å². The molecule has 0 bridgehead atoms. The SMILES string of the molecule is COC(=O)C1CCN(C(=O)c2cccc(-c3cc(C(=O)Nc4ccncc4)ccc3CN)c2)C1. The molecule has 1 fully saturated rings. The molecule has 1 unspecified atom stereocenters. The van der Waals surface area contributed by atoms with Gasteiger partial charge in [0, 0.05) is 48.8 Å². The van der Waals surface area contributed by atoms with Gasteiger partial charge in [-0.25, -0.2) is 0 Å². The summed E-state index contributed by atoms with van der Waals surface area (Å²) in [5, 5.41) is 2.85. The number of nitrogens with one attached hydrogen (secondary N) is 1. The predicted molar refractivity (Wildman–Crippen MR) is 128 cm³/mol. The molecule has 2 heterocycles. The van der Waals surface area contributed by atoms with Crippen LogP contribution in [0.2, 0.25) is 0 Å². The second-order valence-corrected chi connectivity index (χ2v) is 8.11. The number of hydrogen-bond donors (Lipinski definition) is 2. The summed E-state index contributed by atoms with van der Waals surface area (Å²) in [6.07, 6.45) is 3.80. The van der Waals surface area contributed by atoms with E-state index in [-0.39, 0.29) is 30.2 Å². The smallest absolute Gasteiger partial charge is 0.310 e. The summed E-state index contributed by atoms with van der Waals surface area (Å²) < 4.78 is 4.81. The summed E-state index contributed by atoms with van der Waals surface area (Å²) in [5.41, 5.74) is 10.0. The lowest BCUT2D eigenvalue weighted by Crippen LogP contribution is -2.30. The summed E-state index contributed by atoms with van der Waals surface area (Å²) in [7, 11) is 1.36. The zero-order chi connectivity index (χ0) is 24.1. The van der Waals surface area contributed by atoms with Crippen molar-refractivity contribution in [1.29, 1.82) is 0 Å². The van der Waals surface area contributed by atoms with Crippen molar-refractivity contribution in [3.05, 3.63) is 83.7 Å². The molecule has 1 aliphatic rings. The fourth-order valence-electron chi connectivity index (χ4n) is 4.11. The van der Waals surface area contributed by atoms with Crippen molar-refractivity contribution in [2.75, 3.05) is 25.5 Å². The van der Waals surface area contributed by atoms with Gasteiger partial charge in [-0.1, -0.05) is 18.2 Å². The van der Waals surface area contributed by atoms with Crippen LogP contribution in [0.5, 0.6) is 0 Å². The van der Waals surface area contributed by atoms with Gasteiger partial charge in [0.1, 0.15) is 0 Å². The number of nitrogens with zero attached hydrogens (tertiary/aromatic N) is 2. The zero-order valence-electron chi connectivity index (χ0n) is 18.9. The van der Waals surface area contributed by atoms with Gasteiger partial charge in [0.15, 0.2) is 0 Å². The van der Waals surface area contributed by atoms with Gasteiger partial charge in [-0.2, -0.15) is 0 Å². The number of rotatable bonds is 6. The van der Waals surface area contributed by atoms with E-state index < -0.39 is 0 Å². The fourth-order valence-corrected chi connectivity index (χ4v) is 4.11. The molecule has 2 amide bonds. The van der Waals surface area contributed by atoms with Crippen molar-refractivity contribution in [3.63, 3.8) is 0 Å². The van der Waals surface area contributed by atoms with Crippen molar-refractivity contribution in [1.82, 2.24) is 9.88 Å². The lowest BCUT2D eigenvalue weighted by atomic mass is 9.95. The molecular weight excluding hydrogens is 432 g/mol. The van der Waals surface area contributed by atoms with E-state index in [0.717, 1.165) is 16.7 Å². The van der Waals surface area contributed by atoms with Crippen molar-refractivity contribution >= 4 is 23.5 Å². The van der Waals surface area contributed by atoms with Crippen molar-refractivity contribution in [2.24, 2.45) is 11.7 Å². The largest absolute Gasteiger partial charge is 0.469 e. The highest BCUT2D eigenvalue weighted by Crippen LogP contribution is 2.28. The number of hydrogen-bond acceptors (Lipinski definition) is 6. The van der Waals surface area contributed by atoms with Crippen LogP contribution in [-0.4, -0.2) is 47.9 Å². The van der Waals surface area contributed by atoms with Crippen LogP contribution in [-0.2, 0) is 16.1 Å². The topological polar surface area (TPSA) is 115 Å². The third-order valence-electron chi connectivity index (χ3n) is 5.96. The molecule has 1 aliphatic heterocycles. The van der Waals surface area contributed by atoms with E-state index in [1.54, 1.807) is 59.8 Å². The summed E-state index contributed by atoms with van der Waals surface area (Å²) >= 11 is 0. The number of aromatic nitrogens is 1. The number of carbonyl (C=O) groups is 3. The van der Waals surface area contributed by atoms with Gasteiger partial charge in [0.2, 0.25) is 0 Å². The molecule has 3 aromatic rings. The molecule has 2 aromatic carbocycles. The lowest BCUT2D eigenvalue weighted by molar-refractivity contribution is -0.144. The van der Waals surface area contributed by atoms with Crippen LogP contribution in [0.1, 0.15) is 32.7 Å². The minimum atomic E-state index is -0.295. The van der Waals surface area contributed by atoms with Crippen LogP contribution in [0.25, 0.3) is 11.1 Å². The second kappa shape index (κ2) is 10.3. The Bertz CT molecular complexity index is 1210. The maximum atomic E-state index is 13.1. The fraction of sp³-hybridized carbons (Fsp3) is 0.231. The van der Waals surface area contributed by atoms with Gasteiger partial charge in [-0.3, -0.25) is 19.4 Å². The average Bonchev–Trinajstić information content (AvgIpc) is 3.38. The van der Waals surface area contributed by atoms with E-state index >= 15 is 0 Å². The number of pyridine rings is 1. The number of ether oxygens (including phenoxy) is 1. The third kappa shape index (κ3) is 4.97. The Morgan fingerprint density at radius 2 is 1.88 bits per heavy atom. The number of methoxy groups -OCH3 is 1. The van der Waals surface area contributed by atoms with Crippen LogP contribution in [0.15, 0.2) is 67.0 Å². The quantitative estimate of drug-likeness (QED) is 0.549. The summed E-state index contributed by atoms with van der Waals surface area (Å²) in [4.78, 5) is 43.3. The minimum Gasteiger partial charge on any atom is -0.469 e. The first-order chi connectivity index (χ1) is 16.5. The molecule has 1 aromatic heterocycles. The van der Waals surface area contributed by atoms with E-state index in [4.69, 9.17) is 10.5 Å². The molecule has 1 atom stereocenters. The minimum absolute atomic E-state index is 0.144. The molecule has 8 heteroatoms. The van der Waals surface area contributed by atoms with Gasteiger partial charge in [0.05, 0.1) is 13.0 Å². The average molecular weight is 459 g/mol. The molecule has 1 saturated heterocycles. The molecule has 174 valence electrons. The lowest BCUT2D eigenvalue weighted by Gasteiger charge is -2.17. The number of esters is 1. The second-order valence-electron chi connectivity index (χ2n) is 8.11. The van der Waals surface area contributed by atoms with E-state index in [1.165, 1.54) is 7.11 Å². The summed E-state index contributed by atoms with van der Waals surface area (Å²) in [6, 6.07) is 16.0. The standard InChI is InChI=1S/C26H26N4O4/c1-34-26(33)21-9-12-30(16-21)25(32)19-4-2-3-17(13-19)23-14-18(5-6-20(23)15-27)24(31)29-22-7-10-28-11-8-22/h2-8,10-11,13-14,21H,9,12,15-16,27H2,1H3,(H,28,29,31). The van der Waals surface area contributed by atoms with E-state index in [1.807, 2.05) is 12.1 Å². The first-order valence-electron chi connectivity index (χ1n) is 11.0. The van der Waals surface area contributed by atoms with Crippen molar-refractivity contribution in [3.8, 4) is 11.1 Å². The van der Waals surface area contributed by atoms with Gasteiger partial charge < -0.3 is 20.7 Å². The monoisotopic (exact) mass is 458 g/mol. The summed E-state index contributed by atoms with van der Waals surface area (Å²) in [6.45, 7) is 1.13. The Hall–Kier alpha value is -4.04. The van der Waals surface area contributed by atoms with Gasteiger partial charge in [0.25, 0.3) is 11.8 Å². The van der Waals surface area contributed by atoms with Gasteiger partial charge in [-0.05, 0) is 59.5 Å². The number of likely N-dealkylation sites (tertiary alicyclic amines) is 1. The summed E-state index contributed by atoms with van der Waals surface area (Å²) in [5.74, 6) is -0.988. The van der Waals surface area contributed by atoms with E-state index in [9.17, 15) is 14.4 Å². The first kappa shape index (κ1) is 23.1. The van der Waals surface area contributed by atoms with Gasteiger partial charge in [-0.15, -0.1) is 0 Å². The molecule has 4 rings (SSSR count). The molecule has 0 spiro atoms. The van der Waals surface area contributed by atoms with Crippen LogP contribution >= 0.6 is 0 Å². The highest BCUT2D eigenvalue weighted by molar-refractivity contribution is 6.05. The molecule has 0 radical (unpaired) electrons. The molecule has 0 aliphatic carbocycles. The van der Waals surface area contributed by atoms with Crippen LogP contribution in [0.3, 0.4) is 0 Å². The number of amides is 2. The Morgan fingerprint density at radius 1 is 1.09 bits per heavy atom. The molecule has 0 saturated carbocycles. The number of nitrogens with two attached hydrogens (primary N) is 1. The van der Waals surface area contributed by atoms with Crippen LogP contribution in [0.4, 0.5) is 5.69 Å². The number of anilines is 1. The maximum Gasteiger partial charge on any atom is 0.310 e. The number of benzene rings is 2. The molecule has 8 nitrogen and oxygen atoms in total. The van der Waals surface area contributed by atoms with Gasteiger partial charge >= 0.3 is 5.97 Å².